The lowest BCUT2D eigenvalue weighted by Gasteiger charge is -2.07. The summed E-state index contributed by atoms with van der Waals surface area (Å²) in [4.78, 5) is 0. The Hall–Kier alpha value is -0.130. The highest BCUT2D eigenvalue weighted by atomic mass is 32.2. The molecular formula is C14H29O4S-. The van der Waals surface area contributed by atoms with Crippen molar-refractivity contribution < 1.29 is 17.7 Å². The average Bonchev–Trinajstić information content (AvgIpc) is 2.34. The van der Waals surface area contributed by atoms with Gasteiger partial charge in [-0.1, -0.05) is 58.3 Å². The molecule has 0 aromatic carbocycles. The summed E-state index contributed by atoms with van der Waals surface area (Å²) in [6.45, 7) is 3.28. The molecule has 0 aliphatic rings. The first-order chi connectivity index (χ1) is 9.06. The fourth-order valence-electron chi connectivity index (χ4n) is 1.95. The fraction of sp³-hybridized carbons (Fsp3) is 1.00. The van der Waals surface area contributed by atoms with Crippen molar-refractivity contribution in [1.29, 1.82) is 0 Å². The maximum Gasteiger partial charge on any atom is 0.0946 e. The summed E-state index contributed by atoms with van der Waals surface area (Å²) in [5, 5.41) is 0. The third kappa shape index (κ3) is 17.9. The molecule has 4 nitrogen and oxygen atoms in total. The number of rotatable bonds is 14. The Labute approximate surface area is 118 Å². The highest BCUT2D eigenvalue weighted by molar-refractivity contribution is 7.85. The molecule has 116 valence electrons. The van der Waals surface area contributed by atoms with Crippen LogP contribution >= 0.6 is 0 Å². The zero-order valence-electron chi connectivity index (χ0n) is 12.2. The van der Waals surface area contributed by atoms with Gasteiger partial charge in [0.05, 0.1) is 10.1 Å². The average molecular weight is 293 g/mol. The summed E-state index contributed by atoms with van der Waals surface area (Å²) in [5.74, 6) is -0.315. The first-order valence-corrected chi connectivity index (χ1v) is 9.15. The van der Waals surface area contributed by atoms with Gasteiger partial charge in [-0.3, -0.25) is 0 Å². The molecular weight excluding hydrogens is 264 g/mol. The van der Waals surface area contributed by atoms with E-state index < -0.39 is 10.1 Å². The van der Waals surface area contributed by atoms with Crippen LogP contribution in [0.3, 0.4) is 0 Å². The quantitative estimate of drug-likeness (QED) is 0.363. The maximum atomic E-state index is 10.3. The predicted molar refractivity (Wildman–Crippen MR) is 77.2 cm³/mol. The second kappa shape index (κ2) is 12.9. The molecule has 0 saturated heterocycles. The van der Waals surface area contributed by atoms with Gasteiger partial charge in [0.15, 0.2) is 0 Å². The zero-order valence-corrected chi connectivity index (χ0v) is 13.1. The van der Waals surface area contributed by atoms with Gasteiger partial charge >= 0.3 is 0 Å². The largest absolute Gasteiger partial charge is 0.748 e. The molecule has 0 aliphatic heterocycles. The van der Waals surface area contributed by atoms with E-state index in [9.17, 15) is 13.0 Å². The number of ether oxygens (including phenoxy) is 1. The summed E-state index contributed by atoms with van der Waals surface area (Å²) in [6, 6.07) is 0. The monoisotopic (exact) mass is 293 g/mol. The molecule has 5 heteroatoms. The molecule has 0 atom stereocenters. The van der Waals surface area contributed by atoms with Crippen LogP contribution < -0.4 is 0 Å². The molecule has 0 heterocycles. The fourth-order valence-corrected chi connectivity index (χ4v) is 2.43. The SMILES string of the molecule is CCCCCCCCCCCOCCCS(=O)(=O)[O-]. The van der Waals surface area contributed by atoms with Crippen molar-refractivity contribution in [3.8, 4) is 0 Å². The number of hydrogen-bond donors (Lipinski definition) is 0. The van der Waals surface area contributed by atoms with Crippen LogP contribution in [0.4, 0.5) is 0 Å². The molecule has 0 aromatic heterocycles. The molecule has 0 aromatic rings. The van der Waals surface area contributed by atoms with Crippen LogP contribution in [0.25, 0.3) is 0 Å². The molecule has 0 aliphatic carbocycles. The van der Waals surface area contributed by atoms with Gasteiger partial charge in [0, 0.05) is 19.0 Å². The van der Waals surface area contributed by atoms with E-state index in [0.717, 1.165) is 6.42 Å². The topological polar surface area (TPSA) is 66.4 Å². The Morgan fingerprint density at radius 3 is 1.79 bits per heavy atom. The normalized spacial score (nSPS) is 11.9. The number of hydrogen-bond acceptors (Lipinski definition) is 4. The smallest absolute Gasteiger partial charge is 0.0946 e. The van der Waals surface area contributed by atoms with Crippen molar-refractivity contribution in [2.24, 2.45) is 0 Å². The van der Waals surface area contributed by atoms with Crippen molar-refractivity contribution in [2.75, 3.05) is 19.0 Å². The minimum absolute atomic E-state index is 0.309. The van der Waals surface area contributed by atoms with Gasteiger partial charge in [0.2, 0.25) is 0 Å². The van der Waals surface area contributed by atoms with Crippen LogP contribution in [-0.2, 0) is 14.9 Å². The minimum atomic E-state index is -4.07. The molecule has 0 fully saturated rings. The lowest BCUT2D eigenvalue weighted by Crippen LogP contribution is -2.07. The van der Waals surface area contributed by atoms with Crippen molar-refractivity contribution >= 4 is 10.1 Å². The van der Waals surface area contributed by atoms with Crippen LogP contribution in [0.1, 0.15) is 71.1 Å². The Balaban J connectivity index is 3.03. The molecule has 19 heavy (non-hydrogen) atoms. The Morgan fingerprint density at radius 1 is 0.789 bits per heavy atom. The van der Waals surface area contributed by atoms with E-state index in [-0.39, 0.29) is 5.75 Å². The standard InChI is InChI=1S/C14H30O4S/c1-2-3-4-5-6-7-8-9-10-12-18-13-11-14-19(15,16)17/h2-14H2,1H3,(H,15,16,17)/p-1. The van der Waals surface area contributed by atoms with Crippen molar-refractivity contribution in [3.63, 3.8) is 0 Å². The van der Waals surface area contributed by atoms with Gasteiger partial charge in [0.25, 0.3) is 0 Å². The van der Waals surface area contributed by atoms with Gasteiger partial charge in [-0.05, 0) is 12.8 Å². The van der Waals surface area contributed by atoms with E-state index in [1.54, 1.807) is 0 Å². The van der Waals surface area contributed by atoms with Gasteiger partial charge < -0.3 is 9.29 Å². The lowest BCUT2D eigenvalue weighted by atomic mass is 10.1. The number of unbranched alkanes of at least 4 members (excludes halogenated alkanes) is 8. The van der Waals surface area contributed by atoms with E-state index in [1.807, 2.05) is 0 Å². The molecule has 0 amide bonds. The molecule has 0 bridgehead atoms. The summed E-state index contributed by atoms with van der Waals surface area (Å²) in [6.07, 6.45) is 11.8. The van der Waals surface area contributed by atoms with Crippen LogP contribution in [0.5, 0.6) is 0 Å². The Bertz CT molecular complexity index is 275. The van der Waals surface area contributed by atoms with E-state index >= 15 is 0 Å². The highest BCUT2D eigenvalue weighted by Gasteiger charge is 1.96. The van der Waals surface area contributed by atoms with Gasteiger partial charge in [-0.15, -0.1) is 0 Å². The second-order valence-electron chi connectivity index (χ2n) is 5.06. The molecule has 0 radical (unpaired) electrons. The second-order valence-corrected chi connectivity index (χ2v) is 6.58. The van der Waals surface area contributed by atoms with E-state index in [2.05, 4.69) is 6.92 Å². The van der Waals surface area contributed by atoms with Crippen LogP contribution in [-0.4, -0.2) is 31.9 Å². The maximum absolute atomic E-state index is 10.3. The van der Waals surface area contributed by atoms with Gasteiger partial charge in [-0.2, -0.15) is 0 Å². The van der Waals surface area contributed by atoms with E-state index in [1.165, 1.54) is 51.4 Å². The van der Waals surface area contributed by atoms with Gasteiger partial charge in [-0.25, -0.2) is 8.42 Å². The molecule has 0 rings (SSSR count). The first-order valence-electron chi connectivity index (χ1n) is 7.57. The molecule has 0 N–H and O–H groups in total. The minimum Gasteiger partial charge on any atom is -0.748 e. The van der Waals surface area contributed by atoms with Crippen molar-refractivity contribution in [2.45, 2.75) is 71.1 Å². The first kappa shape index (κ1) is 18.9. The van der Waals surface area contributed by atoms with E-state index in [4.69, 9.17) is 4.74 Å². The summed E-state index contributed by atoms with van der Waals surface area (Å²) < 4.78 is 36.2. The Morgan fingerprint density at radius 2 is 1.26 bits per heavy atom. The highest BCUT2D eigenvalue weighted by Crippen LogP contribution is 2.09. The van der Waals surface area contributed by atoms with Crippen LogP contribution in [0.15, 0.2) is 0 Å². The van der Waals surface area contributed by atoms with E-state index in [0.29, 0.717) is 19.6 Å². The lowest BCUT2D eigenvalue weighted by molar-refractivity contribution is 0.130. The molecule has 0 saturated carbocycles. The van der Waals surface area contributed by atoms with Gasteiger partial charge in [0.1, 0.15) is 0 Å². The zero-order chi connectivity index (χ0) is 14.4. The summed E-state index contributed by atoms with van der Waals surface area (Å²) in [5.41, 5.74) is 0. The molecule has 0 spiro atoms. The van der Waals surface area contributed by atoms with Crippen molar-refractivity contribution in [3.05, 3.63) is 0 Å². The third-order valence-corrected chi connectivity index (χ3v) is 3.86. The third-order valence-electron chi connectivity index (χ3n) is 3.08. The van der Waals surface area contributed by atoms with Crippen LogP contribution in [0.2, 0.25) is 0 Å². The summed E-state index contributed by atoms with van der Waals surface area (Å²) >= 11 is 0. The van der Waals surface area contributed by atoms with Crippen molar-refractivity contribution in [1.82, 2.24) is 0 Å². The predicted octanol–water partition coefficient (Wildman–Crippen LogP) is 3.47. The molecule has 0 unspecified atom stereocenters. The summed E-state index contributed by atoms with van der Waals surface area (Å²) in [7, 11) is -4.07. The van der Waals surface area contributed by atoms with Crippen LogP contribution in [0, 0.1) is 0 Å². The Kier molecular flexibility index (Phi) is 12.8.